The molecule has 1 fully saturated rings. The highest BCUT2D eigenvalue weighted by molar-refractivity contribution is 6.82. The van der Waals surface area contributed by atoms with Crippen molar-refractivity contribution >= 4 is 56.7 Å². The number of rotatable bonds is 7. The molecule has 0 saturated carbocycles. The summed E-state index contributed by atoms with van der Waals surface area (Å²) in [5.41, 5.74) is 1.67. The molecule has 0 amide bonds. The summed E-state index contributed by atoms with van der Waals surface area (Å²) in [6, 6.07) is 0. The molecule has 0 bridgehead atoms. The van der Waals surface area contributed by atoms with Crippen LogP contribution in [0.1, 0.15) is 73.1 Å². The van der Waals surface area contributed by atoms with Crippen LogP contribution in [0.5, 0.6) is 0 Å². The van der Waals surface area contributed by atoms with Crippen molar-refractivity contribution in [3.8, 4) is 0 Å². The molecule has 0 spiro atoms. The Morgan fingerprint density at radius 2 is 1.74 bits per heavy atom. The van der Waals surface area contributed by atoms with Gasteiger partial charge in [-0.3, -0.25) is 0 Å². The van der Waals surface area contributed by atoms with Crippen LogP contribution in [0.15, 0.2) is 6.20 Å². The Hall–Kier alpha value is -0.646. The maximum Gasteiger partial charge on any atom is 0.218 e. The second-order valence-electron chi connectivity index (χ2n) is 12.9. The quantitative estimate of drug-likeness (QED) is 0.210. The van der Waals surface area contributed by atoms with Crippen molar-refractivity contribution in [1.29, 1.82) is 0 Å². The summed E-state index contributed by atoms with van der Waals surface area (Å²) in [7, 11) is -3.83. The highest BCUT2D eigenvalue weighted by atomic mass is 35.5. The average Bonchev–Trinajstić information content (AvgIpc) is 3.26. The van der Waals surface area contributed by atoms with Gasteiger partial charge < -0.3 is 18.7 Å². The molecule has 3 atom stereocenters. The normalized spacial score (nSPS) is 22.3. The van der Waals surface area contributed by atoms with Gasteiger partial charge in [-0.15, -0.1) is 11.6 Å². The SMILES string of the molecule is CC[C@H]1O[C@@H](n2cc(CCl)c3c(Cl)nc(N[Si](C)(C)C(C)(C)C)nc32)C[C@H]1O[Si](C)(C)C(C)(C)C. The fourth-order valence-electron chi connectivity index (χ4n) is 3.94. The van der Waals surface area contributed by atoms with E-state index in [1.807, 2.05) is 6.20 Å². The van der Waals surface area contributed by atoms with Crippen molar-refractivity contribution in [2.45, 2.75) is 122 Å². The first kappa shape index (κ1) is 28.9. The molecule has 1 saturated heterocycles. The van der Waals surface area contributed by atoms with Crippen LogP contribution in [0.3, 0.4) is 0 Å². The van der Waals surface area contributed by atoms with Crippen molar-refractivity contribution in [3.63, 3.8) is 0 Å². The summed E-state index contributed by atoms with van der Waals surface area (Å²) in [6.07, 6.45) is 3.58. The van der Waals surface area contributed by atoms with E-state index < -0.39 is 16.6 Å². The number of nitrogens with zero attached hydrogens (tertiary/aromatic N) is 3. The minimum Gasteiger partial charge on any atom is -0.411 e. The molecule has 1 aliphatic rings. The van der Waals surface area contributed by atoms with Crippen LogP contribution < -0.4 is 4.98 Å². The second-order valence-corrected chi connectivity index (χ2v) is 23.3. The van der Waals surface area contributed by atoms with Gasteiger partial charge in [-0.2, -0.15) is 4.98 Å². The van der Waals surface area contributed by atoms with E-state index in [9.17, 15) is 0 Å². The van der Waals surface area contributed by atoms with E-state index in [2.05, 4.69) is 89.2 Å². The molecule has 2 aromatic heterocycles. The van der Waals surface area contributed by atoms with Gasteiger partial charge in [0, 0.05) is 18.5 Å². The molecule has 2 aromatic rings. The Bertz CT molecular complexity index is 1060. The molecule has 35 heavy (non-hydrogen) atoms. The smallest absolute Gasteiger partial charge is 0.218 e. The van der Waals surface area contributed by atoms with Crippen LogP contribution in [0, 0.1) is 0 Å². The molecule has 0 aromatic carbocycles. The fraction of sp³-hybridized carbons (Fsp3) is 0.760. The van der Waals surface area contributed by atoms with E-state index >= 15 is 0 Å². The number of anilines is 1. The third-order valence-corrected chi connectivity index (χ3v) is 18.0. The number of halogens is 2. The van der Waals surface area contributed by atoms with E-state index in [-0.39, 0.29) is 28.5 Å². The van der Waals surface area contributed by atoms with Crippen LogP contribution in [0.4, 0.5) is 5.95 Å². The fourth-order valence-corrected chi connectivity index (χ4v) is 6.83. The summed E-state index contributed by atoms with van der Waals surface area (Å²) in [6.45, 7) is 24.9. The van der Waals surface area contributed by atoms with E-state index in [1.165, 1.54) is 0 Å². The van der Waals surface area contributed by atoms with Crippen LogP contribution in [0.25, 0.3) is 11.0 Å². The number of hydrogen-bond acceptors (Lipinski definition) is 5. The van der Waals surface area contributed by atoms with Crippen molar-refractivity contribution in [2.75, 3.05) is 4.98 Å². The van der Waals surface area contributed by atoms with Gasteiger partial charge in [0.2, 0.25) is 5.95 Å². The number of nitrogens with one attached hydrogen (secondary N) is 1. The average molecular weight is 560 g/mol. The highest BCUT2D eigenvalue weighted by Gasteiger charge is 2.45. The lowest BCUT2D eigenvalue weighted by Crippen LogP contribution is -2.46. The van der Waals surface area contributed by atoms with E-state index in [4.69, 9.17) is 37.3 Å². The molecule has 0 aliphatic carbocycles. The monoisotopic (exact) mass is 558 g/mol. The minimum absolute atomic E-state index is 0.0353. The van der Waals surface area contributed by atoms with Crippen molar-refractivity contribution in [3.05, 3.63) is 16.9 Å². The van der Waals surface area contributed by atoms with Crippen molar-refractivity contribution < 1.29 is 9.16 Å². The number of aromatic nitrogens is 3. The molecule has 6 nitrogen and oxygen atoms in total. The van der Waals surface area contributed by atoms with Crippen LogP contribution in [0.2, 0.25) is 41.4 Å². The summed E-state index contributed by atoms with van der Waals surface area (Å²) >= 11 is 13.1. The number of fused-ring (bicyclic) bond motifs is 1. The lowest BCUT2D eigenvalue weighted by molar-refractivity contribution is -0.0160. The first-order chi connectivity index (χ1) is 15.9. The van der Waals surface area contributed by atoms with Gasteiger partial charge in [-0.25, -0.2) is 4.98 Å². The third-order valence-electron chi connectivity index (χ3n) is 8.29. The Kier molecular flexibility index (Phi) is 8.19. The molecule has 198 valence electrons. The lowest BCUT2D eigenvalue weighted by Gasteiger charge is -2.39. The van der Waals surface area contributed by atoms with Crippen LogP contribution in [-0.4, -0.2) is 43.3 Å². The topological polar surface area (TPSA) is 61.2 Å². The van der Waals surface area contributed by atoms with Gasteiger partial charge in [0.15, 0.2) is 16.6 Å². The minimum atomic E-state index is -1.94. The first-order valence-corrected chi connectivity index (χ1v) is 19.5. The molecular weight excluding hydrogens is 515 g/mol. The molecule has 10 heteroatoms. The molecule has 1 aliphatic heterocycles. The maximum atomic E-state index is 6.82. The van der Waals surface area contributed by atoms with Crippen molar-refractivity contribution in [1.82, 2.24) is 14.5 Å². The zero-order chi connectivity index (χ0) is 26.6. The lowest BCUT2D eigenvalue weighted by atomic mass is 10.1. The number of ether oxygens (including phenoxy) is 1. The van der Waals surface area contributed by atoms with E-state index in [0.29, 0.717) is 17.0 Å². The molecule has 3 rings (SSSR count). The zero-order valence-electron chi connectivity index (χ0n) is 23.3. The summed E-state index contributed by atoms with van der Waals surface area (Å²) in [4.78, 5) is 13.2. The highest BCUT2D eigenvalue weighted by Crippen LogP contribution is 2.43. The van der Waals surface area contributed by atoms with Gasteiger partial charge in [0.1, 0.15) is 17.0 Å². The Morgan fingerprint density at radius 3 is 2.26 bits per heavy atom. The molecule has 3 heterocycles. The first-order valence-electron chi connectivity index (χ1n) is 12.7. The van der Waals surface area contributed by atoms with Crippen molar-refractivity contribution in [2.24, 2.45) is 0 Å². The standard InChI is InChI=1S/C25H44Cl2N4O2Si2/c1-12-17-18(33-35(10,11)25(5,6)7)13-19(32-17)31-15-16(14-26)20-21(27)28-23(29-22(20)31)30-34(8,9)24(2,3)4/h15,17-19H,12-14H2,1-11H3,(H,28,29,30)/t17-,18-,19-/m1/s1. The predicted octanol–water partition coefficient (Wildman–Crippen LogP) is 8.33. The number of alkyl halides is 1. The van der Waals surface area contributed by atoms with Gasteiger partial charge in [0.25, 0.3) is 0 Å². The zero-order valence-corrected chi connectivity index (χ0v) is 26.9. The maximum absolute atomic E-state index is 6.82. The van der Waals surface area contributed by atoms with Gasteiger partial charge >= 0.3 is 0 Å². The molecule has 1 N–H and O–H groups in total. The van der Waals surface area contributed by atoms with Gasteiger partial charge in [-0.05, 0) is 35.2 Å². The molecular formula is C25H44Cl2N4O2Si2. The van der Waals surface area contributed by atoms with Gasteiger partial charge in [0.05, 0.1) is 17.6 Å². The largest absolute Gasteiger partial charge is 0.411 e. The summed E-state index contributed by atoms with van der Waals surface area (Å²) in [5, 5.41) is 1.48. The molecule has 0 radical (unpaired) electrons. The Balaban J connectivity index is 2.01. The predicted molar refractivity (Wildman–Crippen MR) is 154 cm³/mol. The second kappa shape index (κ2) is 9.91. The number of hydrogen-bond donors (Lipinski definition) is 1. The summed E-state index contributed by atoms with van der Waals surface area (Å²) < 4.78 is 15.5. The van der Waals surface area contributed by atoms with E-state index in [0.717, 1.165) is 29.4 Å². The van der Waals surface area contributed by atoms with Gasteiger partial charge in [-0.1, -0.05) is 73.2 Å². The Labute approximate surface area is 223 Å². The van der Waals surface area contributed by atoms with E-state index in [1.54, 1.807) is 0 Å². The summed E-state index contributed by atoms with van der Waals surface area (Å²) in [5.74, 6) is 0.892. The molecule has 0 unspecified atom stereocenters. The van der Waals surface area contributed by atoms with Crippen LogP contribution in [-0.2, 0) is 15.0 Å². The third kappa shape index (κ3) is 5.77. The Morgan fingerprint density at radius 1 is 1.11 bits per heavy atom. The van der Waals surface area contributed by atoms with Crippen LogP contribution >= 0.6 is 23.2 Å².